The first-order chi connectivity index (χ1) is 14.8. The maximum Gasteiger partial charge on any atom is 0.412 e. The number of hydrogen-bond acceptors (Lipinski definition) is 6. The minimum absolute atomic E-state index is 0.209. The average molecular weight is 448 g/mol. The third kappa shape index (κ3) is 5.77. The van der Waals surface area contributed by atoms with Crippen LogP contribution in [0.25, 0.3) is 16.8 Å². The fourth-order valence-electron chi connectivity index (χ4n) is 2.93. The van der Waals surface area contributed by atoms with Gasteiger partial charge in [-0.2, -0.15) is 4.68 Å². The van der Waals surface area contributed by atoms with E-state index in [2.05, 4.69) is 34.7 Å². The first-order valence-electron chi connectivity index (χ1n) is 9.74. The zero-order chi connectivity index (χ0) is 22.5. The largest absolute Gasteiger partial charge is 0.412 e. The quantitative estimate of drug-likeness (QED) is 0.571. The summed E-state index contributed by atoms with van der Waals surface area (Å²) in [5, 5.41) is 23.8. The van der Waals surface area contributed by atoms with Crippen LogP contribution in [0.15, 0.2) is 36.4 Å². The molecular weight excluding hydrogens is 425 g/mol. The van der Waals surface area contributed by atoms with E-state index >= 15 is 0 Å². The first kappa shape index (κ1) is 22.6. The Kier molecular flexibility index (Phi) is 7.19. The van der Waals surface area contributed by atoms with Crippen molar-refractivity contribution in [3.63, 3.8) is 0 Å². The van der Waals surface area contributed by atoms with Crippen LogP contribution in [0.5, 0.6) is 5.75 Å². The number of ether oxygens (including phenoxy) is 1. The van der Waals surface area contributed by atoms with E-state index < -0.39 is 18.0 Å². The Labute approximate surface area is 184 Å². The molecule has 0 aliphatic heterocycles. The van der Waals surface area contributed by atoms with Gasteiger partial charge in [0.1, 0.15) is 11.6 Å². The zero-order valence-electron chi connectivity index (χ0n) is 17.3. The van der Waals surface area contributed by atoms with Gasteiger partial charge in [0.2, 0.25) is 0 Å². The maximum absolute atomic E-state index is 13.5. The fourth-order valence-corrected chi connectivity index (χ4v) is 3.20. The molecule has 0 unspecified atom stereocenters. The number of aliphatic hydroxyl groups excluding tert-OH is 1. The Morgan fingerprint density at radius 2 is 2.03 bits per heavy atom. The van der Waals surface area contributed by atoms with Gasteiger partial charge in [0.25, 0.3) is 0 Å². The summed E-state index contributed by atoms with van der Waals surface area (Å²) >= 11 is 6.25. The molecule has 1 amide bonds. The van der Waals surface area contributed by atoms with Gasteiger partial charge in [-0.1, -0.05) is 25.4 Å². The molecule has 1 aromatic heterocycles. The molecule has 164 valence electrons. The van der Waals surface area contributed by atoms with Crippen molar-refractivity contribution in [2.24, 2.45) is 5.92 Å². The zero-order valence-corrected chi connectivity index (χ0v) is 18.1. The summed E-state index contributed by atoms with van der Waals surface area (Å²) in [4.78, 5) is 12.2. The van der Waals surface area contributed by atoms with Crippen LogP contribution in [0.1, 0.15) is 26.6 Å². The third-order valence-electron chi connectivity index (χ3n) is 4.35. The van der Waals surface area contributed by atoms with Crippen molar-refractivity contribution in [2.45, 2.75) is 33.2 Å². The molecule has 10 heteroatoms. The number of tetrazole rings is 1. The molecule has 1 heterocycles. The minimum atomic E-state index is -0.728. The lowest BCUT2D eigenvalue weighted by atomic mass is 10.0. The lowest BCUT2D eigenvalue weighted by molar-refractivity contribution is 0.186. The number of benzene rings is 2. The molecule has 0 aliphatic carbocycles. The van der Waals surface area contributed by atoms with Gasteiger partial charge in [-0.05, 0) is 59.2 Å². The number of amides is 1. The normalized spacial score (nSPS) is 12.1. The Morgan fingerprint density at radius 1 is 1.26 bits per heavy atom. The molecule has 0 aliphatic rings. The van der Waals surface area contributed by atoms with E-state index in [0.717, 1.165) is 0 Å². The summed E-state index contributed by atoms with van der Waals surface area (Å²) in [5.74, 6) is 0.711. The summed E-state index contributed by atoms with van der Waals surface area (Å²) in [5.41, 5.74) is 1.69. The molecule has 0 bridgehead atoms. The summed E-state index contributed by atoms with van der Waals surface area (Å²) in [6, 6.07) is 8.58. The summed E-state index contributed by atoms with van der Waals surface area (Å²) in [7, 11) is 0. The van der Waals surface area contributed by atoms with Crippen molar-refractivity contribution >= 4 is 17.7 Å². The molecule has 3 aromatic rings. The predicted molar refractivity (Wildman–Crippen MR) is 114 cm³/mol. The van der Waals surface area contributed by atoms with Gasteiger partial charge >= 0.3 is 6.09 Å². The van der Waals surface area contributed by atoms with E-state index in [0.29, 0.717) is 35.0 Å². The molecular formula is C21H23ClFN5O3. The van der Waals surface area contributed by atoms with Gasteiger partial charge in [-0.25, -0.2) is 9.18 Å². The van der Waals surface area contributed by atoms with Gasteiger partial charge in [-0.3, -0.25) is 0 Å². The molecule has 0 saturated carbocycles. The molecule has 1 atom stereocenters. The third-order valence-corrected chi connectivity index (χ3v) is 4.66. The molecule has 31 heavy (non-hydrogen) atoms. The number of hydrogen-bond donors (Lipinski definition) is 2. The first-order valence-corrected chi connectivity index (χ1v) is 10.1. The molecule has 0 spiro atoms. The van der Waals surface area contributed by atoms with Crippen LogP contribution in [0.2, 0.25) is 5.02 Å². The predicted octanol–water partition coefficient (Wildman–Crippen LogP) is 3.79. The van der Waals surface area contributed by atoms with Crippen molar-refractivity contribution in [3.05, 3.63) is 53.1 Å². The van der Waals surface area contributed by atoms with Gasteiger partial charge < -0.3 is 15.2 Å². The second-order valence-electron chi connectivity index (χ2n) is 7.56. The SMILES string of the molecule is CC(C)Cc1nnnn1-c1cc(OC(=O)N[C@@H](C)CO)cc(-c2ccc(F)cc2Cl)c1. The number of carbonyl (C=O) groups is 1. The van der Waals surface area contributed by atoms with E-state index in [-0.39, 0.29) is 17.4 Å². The van der Waals surface area contributed by atoms with Crippen LogP contribution in [-0.4, -0.2) is 44.1 Å². The van der Waals surface area contributed by atoms with Crippen LogP contribution < -0.4 is 10.1 Å². The number of nitrogens with zero attached hydrogens (tertiary/aromatic N) is 4. The molecule has 3 rings (SSSR count). The van der Waals surface area contributed by atoms with Crippen LogP contribution >= 0.6 is 11.6 Å². The lowest BCUT2D eigenvalue weighted by Gasteiger charge is -2.14. The van der Waals surface area contributed by atoms with Gasteiger partial charge in [0.05, 0.1) is 23.4 Å². The van der Waals surface area contributed by atoms with E-state index in [4.69, 9.17) is 21.4 Å². The standard InChI is InChI=1S/C21H23ClFN5O3/c1-12(2)6-20-25-26-27-28(20)16-7-14(18-5-4-15(23)9-19(18)22)8-17(10-16)31-21(30)24-13(3)11-29/h4-5,7-10,12-13,29H,6,11H2,1-3H3,(H,24,30)/t13-/m0/s1. The molecule has 2 aromatic carbocycles. The van der Waals surface area contributed by atoms with E-state index in [1.165, 1.54) is 12.1 Å². The van der Waals surface area contributed by atoms with Crippen LogP contribution in [-0.2, 0) is 6.42 Å². The fraction of sp³-hybridized carbons (Fsp3) is 0.333. The highest BCUT2D eigenvalue weighted by atomic mass is 35.5. The van der Waals surface area contributed by atoms with Crippen molar-refractivity contribution in [1.82, 2.24) is 25.5 Å². The van der Waals surface area contributed by atoms with Gasteiger partial charge in [-0.15, -0.1) is 5.10 Å². The van der Waals surface area contributed by atoms with Crippen LogP contribution in [0.3, 0.4) is 0 Å². The Bertz CT molecular complexity index is 1070. The smallest absolute Gasteiger partial charge is 0.410 e. The van der Waals surface area contributed by atoms with E-state index in [1.54, 1.807) is 35.9 Å². The van der Waals surface area contributed by atoms with E-state index in [9.17, 15) is 9.18 Å². The van der Waals surface area contributed by atoms with Crippen molar-refractivity contribution in [1.29, 1.82) is 0 Å². The van der Waals surface area contributed by atoms with Crippen molar-refractivity contribution in [2.75, 3.05) is 6.61 Å². The summed E-state index contributed by atoms with van der Waals surface area (Å²) < 4.78 is 20.5. The molecule has 0 radical (unpaired) electrons. The van der Waals surface area contributed by atoms with Crippen LogP contribution in [0.4, 0.5) is 9.18 Å². The number of carbonyl (C=O) groups excluding carboxylic acids is 1. The minimum Gasteiger partial charge on any atom is -0.410 e. The Balaban J connectivity index is 2.06. The molecule has 0 fully saturated rings. The second-order valence-corrected chi connectivity index (χ2v) is 7.97. The lowest BCUT2D eigenvalue weighted by Crippen LogP contribution is -2.37. The number of halogens is 2. The highest BCUT2D eigenvalue weighted by Gasteiger charge is 2.16. The number of aromatic nitrogens is 4. The number of aliphatic hydroxyl groups is 1. The van der Waals surface area contributed by atoms with Crippen molar-refractivity contribution < 1.29 is 19.0 Å². The molecule has 0 saturated heterocycles. The highest BCUT2D eigenvalue weighted by Crippen LogP contribution is 2.33. The maximum atomic E-state index is 13.5. The van der Waals surface area contributed by atoms with Crippen molar-refractivity contribution in [3.8, 4) is 22.6 Å². The Morgan fingerprint density at radius 3 is 2.71 bits per heavy atom. The number of nitrogens with one attached hydrogen (secondary N) is 1. The second kappa shape index (κ2) is 9.84. The van der Waals surface area contributed by atoms with E-state index in [1.807, 2.05) is 0 Å². The Hall–Kier alpha value is -3.04. The van der Waals surface area contributed by atoms with Crippen LogP contribution in [0, 0.1) is 11.7 Å². The monoisotopic (exact) mass is 447 g/mol. The highest BCUT2D eigenvalue weighted by molar-refractivity contribution is 6.33. The molecule has 2 N–H and O–H groups in total. The average Bonchev–Trinajstić information content (AvgIpc) is 3.14. The van der Waals surface area contributed by atoms with Gasteiger partial charge in [0.15, 0.2) is 5.82 Å². The summed E-state index contributed by atoms with van der Waals surface area (Å²) in [6.07, 6.45) is -0.0897. The van der Waals surface area contributed by atoms with Gasteiger partial charge in [0, 0.05) is 18.1 Å². The summed E-state index contributed by atoms with van der Waals surface area (Å²) in [6.45, 7) is 5.51. The topological polar surface area (TPSA) is 102 Å². The number of rotatable bonds is 7. The molecule has 8 nitrogen and oxygen atoms in total.